The lowest BCUT2D eigenvalue weighted by Gasteiger charge is -2.27. The van der Waals surface area contributed by atoms with Gasteiger partial charge in [-0.05, 0) is 17.7 Å². The second-order valence-electron chi connectivity index (χ2n) is 7.60. The van der Waals surface area contributed by atoms with Gasteiger partial charge in [-0.2, -0.15) is 0 Å². The molecule has 2 saturated heterocycles. The lowest BCUT2D eigenvalue weighted by molar-refractivity contribution is -0.908. The van der Waals surface area contributed by atoms with Crippen molar-refractivity contribution in [1.82, 2.24) is 9.88 Å². The highest BCUT2D eigenvalue weighted by atomic mass is 16.5. The number of morpholine rings is 1. The van der Waals surface area contributed by atoms with Crippen LogP contribution in [0.2, 0.25) is 0 Å². The second-order valence-corrected chi connectivity index (χ2v) is 7.60. The van der Waals surface area contributed by atoms with Crippen molar-refractivity contribution in [2.75, 3.05) is 39.4 Å². The van der Waals surface area contributed by atoms with Crippen LogP contribution in [0, 0.1) is 0 Å². The molecule has 7 nitrogen and oxygen atoms in total. The van der Waals surface area contributed by atoms with Crippen LogP contribution in [-0.2, 0) is 14.3 Å². The van der Waals surface area contributed by atoms with E-state index in [0.717, 1.165) is 44.8 Å². The van der Waals surface area contributed by atoms with Crippen LogP contribution in [-0.4, -0.2) is 66.1 Å². The summed E-state index contributed by atoms with van der Waals surface area (Å²) in [6.45, 7) is 4.80. The molecule has 156 valence electrons. The number of likely N-dealkylation sites (tertiary alicyclic amines) is 1. The number of hydrogen-bond donors (Lipinski definition) is 2. The number of ketones is 1. The number of ether oxygens (including phenoxy) is 1. The number of hydrogen-bond acceptors (Lipinski definition) is 5. The Balaban J connectivity index is 1.63. The molecule has 2 aliphatic rings. The Labute approximate surface area is 175 Å². The van der Waals surface area contributed by atoms with E-state index in [1.165, 1.54) is 4.90 Å². The molecule has 0 unspecified atom stereocenters. The predicted molar refractivity (Wildman–Crippen MR) is 111 cm³/mol. The first-order chi connectivity index (χ1) is 14.7. The van der Waals surface area contributed by atoms with Gasteiger partial charge in [-0.1, -0.05) is 30.3 Å². The third kappa shape index (κ3) is 4.13. The van der Waals surface area contributed by atoms with E-state index in [0.29, 0.717) is 12.1 Å². The van der Waals surface area contributed by atoms with E-state index < -0.39 is 17.7 Å². The first kappa shape index (κ1) is 20.3. The maximum absolute atomic E-state index is 12.9. The van der Waals surface area contributed by atoms with Gasteiger partial charge in [0.15, 0.2) is 0 Å². The molecule has 1 atom stereocenters. The Hall–Kier alpha value is -3.03. The van der Waals surface area contributed by atoms with Crippen molar-refractivity contribution in [1.29, 1.82) is 0 Å². The highest BCUT2D eigenvalue weighted by molar-refractivity contribution is 6.46. The highest BCUT2D eigenvalue weighted by Crippen LogP contribution is 2.39. The molecule has 2 aromatic rings. The maximum Gasteiger partial charge on any atom is 0.295 e. The van der Waals surface area contributed by atoms with Gasteiger partial charge in [-0.15, -0.1) is 0 Å². The van der Waals surface area contributed by atoms with Gasteiger partial charge in [0.1, 0.15) is 18.8 Å². The van der Waals surface area contributed by atoms with Crippen LogP contribution in [0.15, 0.2) is 60.4 Å². The van der Waals surface area contributed by atoms with Crippen molar-refractivity contribution in [2.45, 2.75) is 12.5 Å². The number of aliphatic hydroxyl groups is 1. The molecule has 4 rings (SSSR count). The Morgan fingerprint density at radius 3 is 2.50 bits per heavy atom. The molecule has 0 spiro atoms. The van der Waals surface area contributed by atoms with Crippen molar-refractivity contribution < 1.29 is 24.3 Å². The minimum absolute atomic E-state index is 0.135. The fraction of sp³-hybridized carbons (Fsp3) is 0.348. The normalized spacial score (nSPS) is 21.9. The summed E-state index contributed by atoms with van der Waals surface area (Å²) in [6, 6.07) is 11.8. The van der Waals surface area contributed by atoms with Crippen LogP contribution in [0.25, 0.3) is 5.76 Å². The van der Waals surface area contributed by atoms with E-state index in [1.807, 2.05) is 6.07 Å². The summed E-state index contributed by atoms with van der Waals surface area (Å²) in [5, 5.41) is 10.9. The van der Waals surface area contributed by atoms with Gasteiger partial charge in [0.25, 0.3) is 11.7 Å². The van der Waals surface area contributed by atoms with Crippen LogP contribution >= 0.6 is 0 Å². The summed E-state index contributed by atoms with van der Waals surface area (Å²) in [7, 11) is 0. The largest absolute Gasteiger partial charge is 0.507 e. The number of carbonyl (C=O) groups is 2. The molecule has 0 saturated carbocycles. The zero-order chi connectivity index (χ0) is 20.9. The zero-order valence-corrected chi connectivity index (χ0v) is 16.8. The molecule has 1 aromatic heterocycles. The molecule has 2 N–H and O–H groups in total. The fourth-order valence-electron chi connectivity index (χ4n) is 4.16. The molecule has 30 heavy (non-hydrogen) atoms. The number of aliphatic hydroxyl groups excluding tert-OH is 1. The quantitative estimate of drug-likeness (QED) is 0.420. The van der Waals surface area contributed by atoms with Gasteiger partial charge in [0.05, 0.1) is 31.4 Å². The van der Waals surface area contributed by atoms with E-state index in [-0.39, 0.29) is 11.3 Å². The van der Waals surface area contributed by atoms with Gasteiger partial charge < -0.3 is 19.6 Å². The van der Waals surface area contributed by atoms with E-state index in [1.54, 1.807) is 53.7 Å². The molecule has 1 aromatic carbocycles. The summed E-state index contributed by atoms with van der Waals surface area (Å²) in [5.74, 6) is -1.35. The minimum atomic E-state index is -0.642. The third-order valence-electron chi connectivity index (χ3n) is 5.74. The Morgan fingerprint density at radius 2 is 1.80 bits per heavy atom. The molecule has 3 heterocycles. The number of rotatable bonds is 6. The van der Waals surface area contributed by atoms with E-state index >= 15 is 0 Å². The van der Waals surface area contributed by atoms with Crippen LogP contribution in [0.1, 0.15) is 23.6 Å². The number of amides is 1. The zero-order valence-electron chi connectivity index (χ0n) is 16.8. The lowest BCUT2D eigenvalue weighted by atomic mass is 9.96. The summed E-state index contributed by atoms with van der Waals surface area (Å²) < 4.78 is 5.40. The van der Waals surface area contributed by atoms with Crippen molar-refractivity contribution >= 4 is 17.4 Å². The molecule has 1 amide bonds. The molecule has 0 aliphatic carbocycles. The Kier molecular flexibility index (Phi) is 6.21. The van der Waals surface area contributed by atoms with Gasteiger partial charge in [0.2, 0.25) is 0 Å². The number of aromatic nitrogens is 1. The summed E-state index contributed by atoms with van der Waals surface area (Å²) in [5.41, 5.74) is 1.42. The molecule has 0 bridgehead atoms. The third-order valence-corrected chi connectivity index (χ3v) is 5.74. The second kappa shape index (κ2) is 9.19. The van der Waals surface area contributed by atoms with E-state index in [2.05, 4.69) is 4.98 Å². The van der Waals surface area contributed by atoms with Crippen molar-refractivity contribution in [3.05, 3.63) is 71.6 Å². The van der Waals surface area contributed by atoms with Crippen molar-refractivity contribution in [3.63, 3.8) is 0 Å². The van der Waals surface area contributed by atoms with Gasteiger partial charge in [0, 0.05) is 30.9 Å². The Bertz CT molecular complexity index is 924. The van der Waals surface area contributed by atoms with Crippen molar-refractivity contribution in [2.24, 2.45) is 0 Å². The van der Waals surface area contributed by atoms with Crippen LogP contribution in [0.4, 0.5) is 0 Å². The molecule has 7 heteroatoms. The monoisotopic (exact) mass is 408 g/mol. The van der Waals surface area contributed by atoms with E-state index in [4.69, 9.17) is 4.74 Å². The number of benzene rings is 1. The van der Waals surface area contributed by atoms with Gasteiger partial charge in [-0.3, -0.25) is 14.6 Å². The summed E-state index contributed by atoms with van der Waals surface area (Å²) in [4.78, 5) is 32.9. The maximum atomic E-state index is 12.9. The molecule has 0 radical (unpaired) electrons. The predicted octanol–water partition coefficient (Wildman–Crippen LogP) is 0.809. The number of quaternary nitrogens is 1. The number of pyridine rings is 1. The average molecular weight is 408 g/mol. The first-order valence-electron chi connectivity index (χ1n) is 10.3. The number of nitrogens with zero attached hydrogens (tertiary/aromatic N) is 2. The standard InChI is InChI=1S/C23H25N3O4/c27-21(18-5-2-1-3-6-18)19-20(17-7-9-24-10-8-17)26(23(29)22(19)28)12-4-11-25-13-15-30-16-14-25/h1-3,5-10,20,27H,4,11-16H2/p+1/t20-/m1/s1. The lowest BCUT2D eigenvalue weighted by Crippen LogP contribution is -3.14. The minimum Gasteiger partial charge on any atom is -0.507 e. The Morgan fingerprint density at radius 1 is 1.10 bits per heavy atom. The first-order valence-corrected chi connectivity index (χ1v) is 10.3. The summed E-state index contributed by atoms with van der Waals surface area (Å²) in [6.07, 6.45) is 4.04. The van der Waals surface area contributed by atoms with Crippen LogP contribution in [0.3, 0.4) is 0 Å². The molecule has 2 fully saturated rings. The van der Waals surface area contributed by atoms with Crippen LogP contribution in [0.5, 0.6) is 0 Å². The topological polar surface area (TPSA) is 84.2 Å². The highest BCUT2D eigenvalue weighted by Gasteiger charge is 2.45. The van der Waals surface area contributed by atoms with E-state index in [9.17, 15) is 14.7 Å². The molecular weight excluding hydrogens is 382 g/mol. The number of Topliss-reactive ketones (excluding diaryl/α,β-unsaturated/α-hetero) is 1. The fourth-order valence-corrected chi connectivity index (χ4v) is 4.16. The molecule has 2 aliphatic heterocycles. The average Bonchev–Trinajstić information content (AvgIpc) is 3.05. The number of nitrogens with one attached hydrogen (secondary N) is 1. The van der Waals surface area contributed by atoms with Crippen LogP contribution < -0.4 is 4.90 Å². The van der Waals surface area contributed by atoms with Gasteiger partial charge >= 0.3 is 0 Å². The van der Waals surface area contributed by atoms with Crippen molar-refractivity contribution in [3.8, 4) is 0 Å². The SMILES string of the molecule is O=C1C(=O)N(CCC[NH+]2CCOCC2)[C@H](c2ccncc2)C1=C(O)c1ccccc1. The van der Waals surface area contributed by atoms with Gasteiger partial charge in [-0.25, -0.2) is 0 Å². The number of carbonyl (C=O) groups excluding carboxylic acids is 2. The molecular formula is C23H26N3O4+. The summed E-state index contributed by atoms with van der Waals surface area (Å²) >= 11 is 0. The smallest absolute Gasteiger partial charge is 0.295 e.